The van der Waals surface area contributed by atoms with Gasteiger partial charge in [0.1, 0.15) is 0 Å². The van der Waals surface area contributed by atoms with Crippen LogP contribution >= 0.6 is 12.4 Å². The summed E-state index contributed by atoms with van der Waals surface area (Å²) in [5, 5.41) is 3.42. The molecule has 0 radical (unpaired) electrons. The molecule has 4 heteroatoms. The van der Waals surface area contributed by atoms with Gasteiger partial charge in [0.25, 0.3) is 0 Å². The molecule has 2 aliphatic rings. The third-order valence-corrected chi connectivity index (χ3v) is 4.15. The average molecular weight is 261 g/mol. The minimum Gasteiger partial charge on any atom is -0.338 e. The third kappa shape index (κ3) is 3.14. The fourth-order valence-corrected chi connectivity index (χ4v) is 2.96. The van der Waals surface area contributed by atoms with Gasteiger partial charge in [0.15, 0.2) is 0 Å². The number of amides is 1. The topological polar surface area (TPSA) is 32.3 Å². The number of rotatable bonds is 1. The van der Waals surface area contributed by atoms with Crippen molar-refractivity contribution in [2.45, 2.75) is 64.0 Å². The Morgan fingerprint density at radius 2 is 2.06 bits per heavy atom. The number of carbonyl (C=O) groups excluding carboxylic acids is 1. The van der Waals surface area contributed by atoms with Crippen molar-refractivity contribution < 1.29 is 4.79 Å². The van der Waals surface area contributed by atoms with Crippen LogP contribution < -0.4 is 5.32 Å². The molecule has 2 saturated heterocycles. The summed E-state index contributed by atoms with van der Waals surface area (Å²) in [5.74, 6) is 0.333. The van der Waals surface area contributed by atoms with Gasteiger partial charge >= 0.3 is 0 Å². The summed E-state index contributed by atoms with van der Waals surface area (Å²) in [4.78, 5) is 14.6. The van der Waals surface area contributed by atoms with Gasteiger partial charge in [-0.05, 0) is 58.9 Å². The van der Waals surface area contributed by atoms with E-state index in [-0.39, 0.29) is 17.9 Å². The molecule has 0 aromatic rings. The second kappa shape index (κ2) is 6.05. The standard InChI is InChI=1S/C13H24N2O.ClH/c1-11-7-3-6-10-15(11)12(16)13(2)8-4-5-9-14-13;/h11,14H,3-10H2,1-2H3;1H. The Morgan fingerprint density at radius 1 is 1.29 bits per heavy atom. The SMILES string of the molecule is CC1CCCCN1C(=O)C1(C)CCCCN1.Cl. The number of nitrogens with zero attached hydrogens (tertiary/aromatic N) is 1. The van der Waals surface area contributed by atoms with Crippen molar-refractivity contribution in [2.24, 2.45) is 0 Å². The number of piperidine rings is 2. The molecule has 0 aromatic heterocycles. The van der Waals surface area contributed by atoms with Crippen LogP contribution in [0.15, 0.2) is 0 Å². The molecule has 0 spiro atoms. The fourth-order valence-electron chi connectivity index (χ4n) is 2.96. The van der Waals surface area contributed by atoms with Gasteiger partial charge in [-0.3, -0.25) is 4.79 Å². The molecule has 100 valence electrons. The highest BCUT2D eigenvalue weighted by molar-refractivity contribution is 5.86. The van der Waals surface area contributed by atoms with Crippen LogP contribution in [0.2, 0.25) is 0 Å². The number of carbonyl (C=O) groups is 1. The Labute approximate surface area is 111 Å². The van der Waals surface area contributed by atoms with Gasteiger partial charge in [0.2, 0.25) is 5.91 Å². The first kappa shape index (κ1) is 14.8. The number of hydrogen-bond donors (Lipinski definition) is 1. The van der Waals surface area contributed by atoms with Crippen molar-refractivity contribution in [3.63, 3.8) is 0 Å². The highest BCUT2D eigenvalue weighted by Crippen LogP contribution is 2.25. The molecule has 2 aliphatic heterocycles. The van der Waals surface area contributed by atoms with Gasteiger partial charge in [0, 0.05) is 12.6 Å². The van der Waals surface area contributed by atoms with Crippen LogP contribution in [0.25, 0.3) is 0 Å². The van der Waals surface area contributed by atoms with Crippen LogP contribution in [-0.2, 0) is 4.79 Å². The van der Waals surface area contributed by atoms with E-state index < -0.39 is 0 Å². The van der Waals surface area contributed by atoms with Crippen LogP contribution in [0.5, 0.6) is 0 Å². The predicted molar refractivity (Wildman–Crippen MR) is 72.5 cm³/mol. The highest BCUT2D eigenvalue weighted by Gasteiger charge is 2.39. The first-order valence-electron chi connectivity index (χ1n) is 6.69. The van der Waals surface area contributed by atoms with E-state index in [1.54, 1.807) is 0 Å². The summed E-state index contributed by atoms with van der Waals surface area (Å²) in [6, 6.07) is 0.432. The Bertz CT molecular complexity index is 264. The fraction of sp³-hybridized carbons (Fsp3) is 0.923. The van der Waals surface area contributed by atoms with E-state index in [4.69, 9.17) is 0 Å². The zero-order valence-corrected chi connectivity index (χ0v) is 11.8. The summed E-state index contributed by atoms with van der Waals surface area (Å²) < 4.78 is 0. The van der Waals surface area contributed by atoms with E-state index in [9.17, 15) is 4.79 Å². The van der Waals surface area contributed by atoms with Gasteiger partial charge in [-0.15, -0.1) is 12.4 Å². The summed E-state index contributed by atoms with van der Waals surface area (Å²) in [7, 11) is 0. The normalized spacial score (nSPS) is 34.0. The molecule has 2 fully saturated rings. The van der Waals surface area contributed by atoms with Crippen LogP contribution in [0, 0.1) is 0 Å². The van der Waals surface area contributed by atoms with E-state index in [1.165, 1.54) is 32.1 Å². The van der Waals surface area contributed by atoms with Crippen LogP contribution in [0.4, 0.5) is 0 Å². The summed E-state index contributed by atoms with van der Waals surface area (Å²) in [5.41, 5.74) is -0.288. The monoisotopic (exact) mass is 260 g/mol. The van der Waals surface area contributed by atoms with E-state index in [0.717, 1.165) is 19.5 Å². The summed E-state index contributed by atoms with van der Waals surface area (Å²) in [6.07, 6.45) is 6.99. The largest absolute Gasteiger partial charge is 0.338 e. The van der Waals surface area contributed by atoms with Crippen molar-refractivity contribution in [1.82, 2.24) is 10.2 Å². The molecule has 2 unspecified atom stereocenters. The molecule has 2 atom stereocenters. The molecule has 1 N–H and O–H groups in total. The maximum Gasteiger partial charge on any atom is 0.242 e. The summed E-state index contributed by atoms with van der Waals surface area (Å²) in [6.45, 7) is 6.21. The van der Waals surface area contributed by atoms with Gasteiger partial charge in [-0.2, -0.15) is 0 Å². The van der Waals surface area contributed by atoms with Crippen LogP contribution in [0.3, 0.4) is 0 Å². The average Bonchev–Trinajstić information content (AvgIpc) is 2.30. The number of nitrogens with one attached hydrogen (secondary N) is 1. The van der Waals surface area contributed by atoms with Crippen molar-refractivity contribution in [1.29, 1.82) is 0 Å². The molecule has 17 heavy (non-hydrogen) atoms. The van der Waals surface area contributed by atoms with Gasteiger partial charge in [0.05, 0.1) is 5.54 Å². The lowest BCUT2D eigenvalue weighted by atomic mass is 9.88. The second-order valence-electron chi connectivity index (χ2n) is 5.56. The first-order valence-corrected chi connectivity index (χ1v) is 6.69. The smallest absolute Gasteiger partial charge is 0.242 e. The Hall–Kier alpha value is -0.280. The Morgan fingerprint density at radius 3 is 2.65 bits per heavy atom. The van der Waals surface area contributed by atoms with Crippen molar-refractivity contribution in [3.05, 3.63) is 0 Å². The quantitative estimate of drug-likeness (QED) is 0.785. The molecule has 2 rings (SSSR count). The number of likely N-dealkylation sites (tertiary alicyclic amines) is 1. The zero-order chi connectivity index (χ0) is 11.6. The molecule has 0 aliphatic carbocycles. The lowest BCUT2D eigenvalue weighted by Gasteiger charge is -2.42. The molecule has 0 aromatic carbocycles. The number of halogens is 1. The Balaban J connectivity index is 0.00000144. The molecular weight excluding hydrogens is 236 g/mol. The minimum atomic E-state index is -0.288. The molecule has 3 nitrogen and oxygen atoms in total. The lowest BCUT2D eigenvalue weighted by molar-refractivity contribution is -0.142. The van der Waals surface area contributed by atoms with Gasteiger partial charge < -0.3 is 10.2 Å². The van der Waals surface area contributed by atoms with Gasteiger partial charge in [-0.25, -0.2) is 0 Å². The molecule has 1 amide bonds. The van der Waals surface area contributed by atoms with E-state index >= 15 is 0 Å². The highest BCUT2D eigenvalue weighted by atomic mass is 35.5. The van der Waals surface area contributed by atoms with Crippen molar-refractivity contribution in [3.8, 4) is 0 Å². The predicted octanol–water partition coefficient (Wildman–Crippen LogP) is 2.34. The third-order valence-electron chi connectivity index (χ3n) is 4.15. The van der Waals surface area contributed by atoms with E-state index in [1.807, 2.05) is 0 Å². The molecule has 2 heterocycles. The number of hydrogen-bond acceptors (Lipinski definition) is 2. The summed E-state index contributed by atoms with van der Waals surface area (Å²) >= 11 is 0. The van der Waals surface area contributed by atoms with E-state index in [0.29, 0.717) is 11.9 Å². The lowest BCUT2D eigenvalue weighted by Crippen LogP contribution is -2.60. The first-order chi connectivity index (χ1) is 7.63. The molecule has 0 saturated carbocycles. The van der Waals surface area contributed by atoms with Crippen LogP contribution in [-0.4, -0.2) is 35.5 Å². The maximum absolute atomic E-state index is 12.5. The minimum absolute atomic E-state index is 0. The van der Waals surface area contributed by atoms with Gasteiger partial charge in [-0.1, -0.05) is 0 Å². The molecular formula is C13H25ClN2O. The van der Waals surface area contributed by atoms with E-state index in [2.05, 4.69) is 24.1 Å². The zero-order valence-electron chi connectivity index (χ0n) is 11.0. The van der Waals surface area contributed by atoms with Crippen molar-refractivity contribution >= 4 is 18.3 Å². The Kier molecular flexibility index (Phi) is 5.26. The second-order valence-corrected chi connectivity index (χ2v) is 5.56. The van der Waals surface area contributed by atoms with Crippen molar-refractivity contribution in [2.75, 3.05) is 13.1 Å². The maximum atomic E-state index is 12.5. The van der Waals surface area contributed by atoms with Crippen LogP contribution in [0.1, 0.15) is 52.4 Å². The molecule has 0 bridgehead atoms.